The van der Waals surface area contributed by atoms with Crippen LogP contribution in [0.1, 0.15) is 71.4 Å². The summed E-state index contributed by atoms with van der Waals surface area (Å²) in [5.41, 5.74) is 18.5. The summed E-state index contributed by atoms with van der Waals surface area (Å²) in [6, 6.07) is 61.3. The second kappa shape index (κ2) is 13.7. The van der Waals surface area contributed by atoms with Crippen LogP contribution in [0.4, 0.5) is 45.5 Å². The lowest BCUT2D eigenvalue weighted by Gasteiger charge is -2.50. The molecule has 8 aromatic carbocycles. The molecule has 1 fully saturated rings. The van der Waals surface area contributed by atoms with Gasteiger partial charge in [0, 0.05) is 75.9 Å². The topological polar surface area (TPSA) is 36.0 Å². The maximum absolute atomic E-state index is 6.92. The molecule has 0 bridgehead atoms. The zero-order valence-corrected chi connectivity index (χ0v) is 40.4. The Morgan fingerprint density at radius 2 is 1.20 bits per heavy atom. The molecule has 3 aromatic heterocycles. The van der Waals surface area contributed by atoms with Gasteiger partial charge in [0.2, 0.25) is 0 Å². The summed E-state index contributed by atoms with van der Waals surface area (Å²) in [5.74, 6) is 0. The van der Waals surface area contributed by atoms with E-state index in [1.165, 1.54) is 90.3 Å². The van der Waals surface area contributed by atoms with Gasteiger partial charge in [-0.2, -0.15) is 0 Å². The van der Waals surface area contributed by atoms with Gasteiger partial charge in [0.25, 0.3) is 6.71 Å². The van der Waals surface area contributed by atoms with Crippen molar-refractivity contribution in [3.63, 3.8) is 0 Å². The number of anilines is 8. The van der Waals surface area contributed by atoms with Crippen molar-refractivity contribution in [3.8, 4) is 0 Å². The van der Waals surface area contributed by atoms with Crippen LogP contribution in [0.25, 0.3) is 54.0 Å². The number of rotatable bonds is 3. The molecule has 2 atom stereocenters. The predicted molar refractivity (Wildman–Crippen MR) is 292 cm³/mol. The van der Waals surface area contributed by atoms with Crippen molar-refractivity contribution >= 4 is 133 Å². The molecule has 2 unspecified atom stereocenters. The van der Waals surface area contributed by atoms with Crippen LogP contribution in [0, 0.1) is 0 Å². The third-order valence-electron chi connectivity index (χ3n) is 16.9. The molecule has 334 valence electrons. The highest BCUT2D eigenvalue weighted by atomic mass is 32.1. The van der Waals surface area contributed by atoms with Crippen molar-refractivity contribution in [2.24, 2.45) is 0 Å². The minimum absolute atomic E-state index is 0.0204. The third kappa shape index (κ3) is 5.21. The first-order valence-electron chi connectivity index (χ1n) is 24.7. The number of hydrogen-bond donors (Lipinski definition) is 0. The third-order valence-corrected chi connectivity index (χ3v) is 18.2. The van der Waals surface area contributed by atoms with E-state index in [1.807, 2.05) is 11.3 Å². The van der Waals surface area contributed by atoms with Crippen molar-refractivity contribution in [1.82, 2.24) is 0 Å². The van der Waals surface area contributed by atoms with Crippen LogP contribution >= 0.6 is 11.3 Å². The Kier molecular flexibility index (Phi) is 7.91. The molecular weight excluding hydrogens is 862 g/mol. The molecule has 4 aliphatic rings. The summed E-state index contributed by atoms with van der Waals surface area (Å²) in [6.45, 7) is 12.0. The van der Waals surface area contributed by atoms with E-state index in [0.29, 0.717) is 0 Å². The largest absolute Gasteiger partial charge is 0.456 e. The van der Waals surface area contributed by atoms with E-state index in [2.05, 4.69) is 213 Å². The maximum atomic E-state index is 6.92. The van der Waals surface area contributed by atoms with Gasteiger partial charge in [-0.3, -0.25) is 0 Å². The van der Waals surface area contributed by atoms with E-state index in [1.54, 1.807) is 0 Å². The number of thiophene rings is 1. The van der Waals surface area contributed by atoms with Gasteiger partial charge in [-0.25, -0.2) is 0 Å². The second-order valence-corrected chi connectivity index (χ2v) is 22.6. The van der Waals surface area contributed by atoms with Crippen LogP contribution in [-0.2, 0) is 10.8 Å². The fourth-order valence-electron chi connectivity index (χ4n) is 13.4. The maximum Gasteiger partial charge on any atom is 0.264 e. The van der Waals surface area contributed by atoms with E-state index >= 15 is 0 Å². The van der Waals surface area contributed by atoms with Crippen molar-refractivity contribution in [3.05, 3.63) is 175 Å². The summed E-state index contributed by atoms with van der Waals surface area (Å²) in [5, 5.41) is 5.78. The molecule has 1 aliphatic carbocycles. The van der Waals surface area contributed by atoms with E-state index in [0.717, 1.165) is 61.7 Å². The normalized spacial score (nSPS) is 19.4. The number of para-hydroxylation sites is 4. The first-order chi connectivity index (χ1) is 33.6. The van der Waals surface area contributed by atoms with Gasteiger partial charge in [0.15, 0.2) is 5.58 Å². The average Bonchev–Trinajstić information content (AvgIpc) is 4.10. The minimum atomic E-state index is -0.0746. The highest BCUT2D eigenvalue weighted by molar-refractivity contribution is 7.33. The van der Waals surface area contributed by atoms with E-state index in [4.69, 9.17) is 8.83 Å². The Labute approximate surface area is 406 Å². The monoisotopic (exact) mass is 911 g/mol. The first-order valence-corrected chi connectivity index (χ1v) is 25.6. The Morgan fingerprint density at radius 1 is 0.536 bits per heavy atom. The van der Waals surface area contributed by atoms with Crippen LogP contribution in [0.15, 0.2) is 173 Å². The Morgan fingerprint density at radius 3 is 2.04 bits per heavy atom. The lowest BCUT2D eigenvalue weighted by molar-refractivity contribution is 0.195. The zero-order chi connectivity index (χ0) is 46.1. The molecule has 0 saturated heterocycles. The van der Waals surface area contributed by atoms with Gasteiger partial charge in [0.1, 0.15) is 16.7 Å². The van der Waals surface area contributed by atoms with Crippen LogP contribution in [0.5, 0.6) is 0 Å². The Bertz CT molecular complexity index is 4000. The van der Waals surface area contributed by atoms with E-state index in [-0.39, 0.29) is 23.1 Å². The molecule has 6 heterocycles. The molecular formula is C62H50BN3O2S. The molecule has 0 spiro atoms. The molecule has 3 aliphatic heterocycles. The second-order valence-electron chi connectivity index (χ2n) is 21.5. The smallest absolute Gasteiger partial charge is 0.264 e. The van der Waals surface area contributed by atoms with Crippen molar-refractivity contribution in [2.75, 3.05) is 14.7 Å². The minimum Gasteiger partial charge on any atom is -0.456 e. The first kappa shape index (κ1) is 39.7. The highest BCUT2D eigenvalue weighted by Crippen LogP contribution is 2.61. The van der Waals surface area contributed by atoms with Gasteiger partial charge >= 0.3 is 0 Å². The van der Waals surface area contributed by atoms with Gasteiger partial charge in [-0.15, -0.1) is 11.3 Å². The molecule has 0 radical (unpaired) electrons. The molecule has 1 saturated carbocycles. The number of furan rings is 2. The molecule has 11 aromatic rings. The molecule has 0 N–H and O–H groups in total. The van der Waals surface area contributed by atoms with Gasteiger partial charge in [0.05, 0.1) is 16.9 Å². The van der Waals surface area contributed by atoms with E-state index in [9.17, 15) is 0 Å². The summed E-state index contributed by atoms with van der Waals surface area (Å²) in [7, 11) is 0. The Hall–Kier alpha value is -7.22. The zero-order valence-electron chi connectivity index (χ0n) is 39.6. The summed E-state index contributed by atoms with van der Waals surface area (Å²) in [4.78, 5) is 7.85. The Balaban J connectivity index is 1.03. The van der Waals surface area contributed by atoms with Gasteiger partial charge in [-0.1, -0.05) is 125 Å². The SMILES string of the molecule is CC(C)(C)c1ccc2sc3c(c2c1)N(c1cccc2c1oc1ccccc12)c1cccc2c1B3c1ccc(N3c4ccccc4C4(C)CCCCC34C)cc1N2c1ccc2oc3ccccc3c2c1. The molecule has 0 amide bonds. The number of nitrogens with zero attached hydrogens (tertiary/aromatic N) is 3. The van der Waals surface area contributed by atoms with Crippen molar-refractivity contribution in [2.45, 2.75) is 76.7 Å². The van der Waals surface area contributed by atoms with Gasteiger partial charge < -0.3 is 23.5 Å². The fourth-order valence-corrected chi connectivity index (χ4v) is 14.7. The lowest BCUT2D eigenvalue weighted by Crippen LogP contribution is -2.60. The summed E-state index contributed by atoms with van der Waals surface area (Å²) >= 11 is 1.95. The number of fused-ring (bicyclic) bond motifs is 15. The lowest BCUT2D eigenvalue weighted by atomic mass is 9.36. The number of benzene rings is 8. The molecule has 5 nitrogen and oxygen atoms in total. The summed E-state index contributed by atoms with van der Waals surface area (Å²) in [6.07, 6.45) is 4.83. The van der Waals surface area contributed by atoms with Crippen LogP contribution in [0.3, 0.4) is 0 Å². The van der Waals surface area contributed by atoms with Crippen LogP contribution in [-0.4, -0.2) is 12.3 Å². The van der Waals surface area contributed by atoms with Gasteiger partial charge in [-0.05, 0) is 126 Å². The van der Waals surface area contributed by atoms with Crippen LogP contribution in [0.2, 0.25) is 0 Å². The standard InChI is InChI=1S/C62H50BN3O2S/c1-60(2,3)37-26-31-55-44(34-37)57-59(69-55)63-46-29-27-39(66-47-20-9-8-19-45(47)61(4)32-12-13-33-62(61,66)5)36-51(46)64(38-28-30-54-43(35-38)41-17-7-10-24-52(41)67-54)48-21-15-22-49(56(48)63)65(57)50-23-14-18-42-40-16-6-11-25-53(40)68-58(42)50/h6-11,14-31,34-36H,12-13,32-33H2,1-5H3. The van der Waals surface area contributed by atoms with Crippen molar-refractivity contribution < 1.29 is 8.83 Å². The molecule has 69 heavy (non-hydrogen) atoms. The average molecular weight is 912 g/mol. The summed E-state index contributed by atoms with van der Waals surface area (Å²) < 4.78 is 16.0. The van der Waals surface area contributed by atoms with Crippen LogP contribution < -0.4 is 30.4 Å². The van der Waals surface area contributed by atoms with E-state index < -0.39 is 0 Å². The quantitative estimate of drug-likeness (QED) is 0.165. The molecule has 15 rings (SSSR count). The number of hydrogen-bond acceptors (Lipinski definition) is 6. The molecule has 7 heteroatoms. The van der Waals surface area contributed by atoms with Crippen molar-refractivity contribution in [1.29, 1.82) is 0 Å². The highest BCUT2D eigenvalue weighted by Gasteiger charge is 2.58. The predicted octanol–water partition coefficient (Wildman–Crippen LogP) is 15.8. The fraction of sp³-hybridized carbons (Fsp3) is 0.194.